The van der Waals surface area contributed by atoms with Gasteiger partial charge in [-0.1, -0.05) is 66.0 Å². The monoisotopic (exact) mass is 617 g/mol. The average molecular weight is 619 g/mol. The number of halogens is 1. The molecule has 7 nitrogen and oxygen atoms in total. The van der Waals surface area contributed by atoms with E-state index in [0.29, 0.717) is 26.1 Å². The van der Waals surface area contributed by atoms with E-state index in [4.69, 9.17) is 0 Å². The van der Waals surface area contributed by atoms with Crippen LogP contribution in [0.5, 0.6) is 0 Å². The number of carbonyl (C=O) groups is 3. The van der Waals surface area contributed by atoms with Crippen molar-refractivity contribution >= 4 is 51.1 Å². The minimum atomic E-state index is -0.754. The standard InChI is InChI=1S/C30H40BrN3O4S/c1-5-8-12-17-32(15-6-2)29(38)26-30-18-22(31)25(39-30)23(24(30)28(37)34(26)20(4)19-35)27(36)33(16-7-3)21-13-10-9-11-14-21/h6-7,9-11,13-14,20,22-26,35H,2-3,5,8,12,15-19H2,1,4H3/t20-,22?,23+,24+,25+,26?,30?/m1/s1. The zero-order valence-corrected chi connectivity index (χ0v) is 25.3. The van der Waals surface area contributed by atoms with Crippen molar-refractivity contribution in [2.24, 2.45) is 11.8 Å². The van der Waals surface area contributed by atoms with Gasteiger partial charge in [0.25, 0.3) is 0 Å². The number of aliphatic hydroxyl groups excluding tert-OH is 1. The molecule has 1 spiro atoms. The SMILES string of the molecule is C=CCN(CCCCC)C(=O)C1N([C@H](C)CO)C(=O)[C@@H]2[C@H](C(=O)N(CC=C)c3ccccc3)[C@H]3SC12CC3Br. The van der Waals surface area contributed by atoms with Crippen molar-refractivity contribution in [2.45, 2.75) is 66.4 Å². The van der Waals surface area contributed by atoms with Gasteiger partial charge in [-0.05, 0) is 31.9 Å². The van der Waals surface area contributed by atoms with Gasteiger partial charge in [-0.25, -0.2) is 0 Å². The molecule has 3 fully saturated rings. The van der Waals surface area contributed by atoms with Gasteiger partial charge in [-0.2, -0.15) is 0 Å². The molecule has 3 saturated heterocycles. The van der Waals surface area contributed by atoms with Gasteiger partial charge in [0, 0.05) is 35.4 Å². The van der Waals surface area contributed by atoms with Gasteiger partial charge >= 0.3 is 0 Å². The van der Waals surface area contributed by atoms with Gasteiger partial charge in [-0.15, -0.1) is 24.9 Å². The fraction of sp³-hybridized carbons (Fsp3) is 0.567. The van der Waals surface area contributed by atoms with Crippen LogP contribution >= 0.6 is 27.7 Å². The summed E-state index contributed by atoms with van der Waals surface area (Å²) in [6.07, 6.45) is 6.93. The Morgan fingerprint density at radius 3 is 2.51 bits per heavy atom. The van der Waals surface area contributed by atoms with Gasteiger partial charge in [0.2, 0.25) is 17.7 Å². The number of alkyl halides is 1. The summed E-state index contributed by atoms with van der Waals surface area (Å²) in [6.45, 7) is 12.7. The van der Waals surface area contributed by atoms with E-state index in [-0.39, 0.29) is 34.4 Å². The maximum absolute atomic E-state index is 14.3. The van der Waals surface area contributed by atoms with Crippen molar-refractivity contribution < 1.29 is 19.5 Å². The minimum Gasteiger partial charge on any atom is -0.394 e. The van der Waals surface area contributed by atoms with E-state index in [1.165, 1.54) is 0 Å². The van der Waals surface area contributed by atoms with Gasteiger partial charge in [0.1, 0.15) is 6.04 Å². The molecule has 212 valence electrons. The number of para-hydroxylation sites is 1. The van der Waals surface area contributed by atoms with Crippen LogP contribution in [0.4, 0.5) is 5.69 Å². The van der Waals surface area contributed by atoms with Gasteiger partial charge in [0.15, 0.2) is 0 Å². The Balaban J connectivity index is 1.76. The first-order chi connectivity index (χ1) is 18.8. The van der Waals surface area contributed by atoms with Crippen LogP contribution in [-0.2, 0) is 14.4 Å². The van der Waals surface area contributed by atoms with Crippen LogP contribution < -0.4 is 4.90 Å². The number of likely N-dealkylation sites (tertiary alicyclic amines) is 1. The van der Waals surface area contributed by atoms with Crippen molar-refractivity contribution in [1.82, 2.24) is 9.80 Å². The summed E-state index contributed by atoms with van der Waals surface area (Å²) in [7, 11) is 0. The van der Waals surface area contributed by atoms with E-state index in [1.807, 2.05) is 30.3 Å². The number of rotatable bonds is 13. The van der Waals surface area contributed by atoms with Crippen LogP contribution in [0.1, 0.15) is 39.5 Å². The molecule has 3 aliphatic heterocycles. The Kier molecular flexibility index (Phi) is 9.65. The van der Waals surface area contributed by atoms with E-state index < -0.39 is 28.7 Å². The molecule has 2 bridgehead atoms. The first-order valence-electron chi connectivity index (χ1n) is 13.9. The van der Waals surface area contributed by atoms with Crippen molar-refractivity contribution in [1.29, 1.82) is 0 Å². The first kappa shape index (κ1) is 29.9. The number of unbranched alkanes of at least 4 members (excludes halogenated alkanes) is 2. The maximum Gasteiger partial charge on any atom is 0.247 e. The lowest BCUT2D eigenvalue weighted by molar-refractivity contribution is -0.145. The first-order valence-corrected chi connectivity index (χ1v) is 15.7. The van der Waals surface area contributed by atoms with E-state index in [2.05, 4.69) is 36.0 Å². The van der Waals surface area contributed by atoms with Crippen molar-refractivity contribution in [2.75, 3.05) is 31.1 Å². The number of amides is 3. The van der Waals surface area contributed by atoms with E-state index >= 15 is 0 Å². The minimum absolute atomic E-state index is 0.0190. The molecule has 3 aliphatic rings. The van der Waals surface area contributed by atoms with Crippen LogP contribution in [0.15, 0.2) is 55.6 Å². The molecule has 4 rings (SSSR count). The number of hydrogen-bond acceptors (Lipinski definition) is 5. The summed E-state index contributed by atoms with van der Waals surface area (Å²) in [5, 5.41) is 10.0. The fourth-order valence-electron chi connectivity index (χ4n) is 6.60. The quantitative estimate of drug-likeness (QED) is 0.203. The number of fused-ring (bicyclic) bond motifs is 1. The largest absolute Gasteiger partial charge is 0.394 e. The summed E-state index contributed by atoms with van der Waals surface area (Å²) in [5.74, 6) is -1.69. The molecule has 0 aromatic heterocycles. The summed E-state index contributed by atoms with van der Waals surface area (Å²) in [4.78, 5) is 48.0. The molecule has 1 aromatic rings. The zero-order chi connectivity index (χ0) is 28.3. The summed E-state index contributed by atoms with van der Waals surface area (Å²) in [6, 6.07) is 8.14. The van der Waals surface area contributed by atoms with E-state index in [9.17, 15) is 19.5 Å². The van der Waals surface area contributed by atoms with Crippen molar-refractivity contribution in [3.05, 3.63) is 55.6 Å². The van der Waals surface area contributed by atoms with Crippen LogP contribution in [0.3, 0.4) is 0 Å². The molecule has 9 heteroatoms. The summed E-state index contributed by atoms with van der Waals surface area (Å²) >= 11 is 5.46. The molecule has 1 aromatic carbocycles. The van der Waals surface area contributed by atoms with Crippen LogP contribution in [-0.4, -0.2) is 85.8 Å². The molecule has 1 N–H and O–H groups in total. The molecule has 3 heterocycles. The second kappa shape index (κ2) is 12.6. The number of aliphatic hydroxyl groups is 1. The highest BCUT2D eigenvalue weighted by molar-refractivity contribution is 9.09. The van der Waals surface area contributed by atoms with Gasteiger partial charge in [0.05, 0.1) is 29.2 Å². The van der Waals surface area contributed by atoms with Crippen LogP contribution in [0, 0.1) is 11.8 Å². The zero-order valence-electron chi connectivity index (χ0n) is 22.9. The van der Waals surface area contributed by atoms with Crippen LogP contribution in [0.25, 0.3) is 0 Å². The number of anilines is 1. The predicted octanol–water partition coefficient (Wildman–Crippen LogP) is 4.26. The lowest BCUT2D eigenvalue weighted by Gasteiger charge is -2.39. The Morgan fingerprint density at radius 1 is 1.21 bits per heavy atom. The average Bonchev–Trinajstić information content (AvgIpc) is 3.54. The highest BCUT2D eigenvalue weighted by Gasteiger charge is 2.76. The second-order valence-corrected chi connectivity index (χ2v) is 13.5. The molecule has 0 aliphatic carbocycles. The van der Waals surface area contributed by atoms with Crippen molar-refractivity contribution in [3.63, 3.8) is 0 Å². The Bertz CT molecular complexity index is 1090. The smallest absolute Gasteiger partial charge is 0.247 e. The normalized spacial score (nSPS) is 29.7. The number of nitrogens with zero attached hydrogens (tertiary/aromatic N) is 3. The van der Waals surface area contributed by atoms with E-state index in [1.54, 1.807) is 45.5 Å². The van der Waals surface area contributed by atoms with Gasteiger partial charge in [-0.3, -0.25) is 14.4 Å². The lowest BCUT2D eigenvalue weighted by Crippen LogP contribution is -2.57. The second-order valence-electron chi connectivity index (χ2n) is 10.8. The number of thioether (sulfide) groups is 1. The number of hydrogen-bond donors (Lipinski definition) is 1. The maximum atomic E-state index is 14.3. The molecular formula is C30H40BrN3O4S. The Labute approximate surface area is 244 Å². The molecule has 3 unspecified atom stereocenters. The third-order valence-electron chi connectivity index (χ3n) is 8.32. The van der Waals surface area contributed by atoms with Gasteiger partial charge < -0.3 is 19.8 Å². The number of carbonyl (C=O) groups excluding carboxylic acids is 3. The van der Waals surface area contributed by atoms with E-state index in [0.717, 1.165) is 24.9 Å². The predicted molar refractivity (Wildman–Crippen MR) is 161 cm³/mol. The Hall–Kier alpha value is -2.10. The molecular weight excluding hydrogens is 578 g/mol. The topological polar surface area (TPSA) is 81.2 Å². The summed E-state index contributed by atoms with van der Waals surface area (Å²) < 4.78 is -0.753. The number of benzene rings is 1. The fourth-order valence-corrected chi connectivity index (χ4v) is 10.2. The molecule has 0 saturated carbocycles. The summed E-state index contributed by atoms with van der Waals surface area (Å²) in [5.41, 5.74) is 0.752. The molecule has 0 radical (unpaired) electrons. The molecule has 7 atom stereocenters. The highest BCUT2D eigenvalue weighted by atomic mass is 79.9. The molecule has 39 heavy (non-hydrogen) atoms. The third-order valence-corrected chi connectivity index (χ3v) is 11.5. The Morgan fingerprint density at radius 2 is 1.90 bits per heavy atom. The third kappa shape index (κ3) is 5.22. The highest BCUT2D eigenvalue weighted by Crippen LogP contribution is 2.68. The van der Waals surface area contributed by atoms with Crippen LogP contribution in [0.2, 0.25) is 0 Å². The van der Waals surface area contributed by atoms with Crippen molar-refractivity contribution in [3.8, 4) is 0 Å². The molecule has 3 amide bonds. The lowest BCUT2D eigenvalue weighted by atomic mass is 9.70.